The van der Waals surface area contributed by atoms with Crippen LogP contribution in [0.4, 0.5) is 0 Å². The number of hydrogen-bond donors (Lipinski definition) is 0. The molecular formula is C19H27BO4. The van der Waals surface area contributed by atoms with Gasteiger partial charge >= 0.3 is 13.1 Å². The molecule has 3 rings (SSSR count). The Hall–Kier alpha value is -1.33. The van der Waals surface area contributed by atoms with E-state index in [1.807, 2.05) is 6.92 Å². The fourth-order valence-electron chi connectivity index (χ4n) is 3.18. The summed E-state index contributed by atoms with van der Waals surface area (Å²) in [5.74, 6) is 0.611. The lowest BCUT2D eigenvalue weighted by Gasteiger charge is -2.33. The molecule has 0 unspecified atom stereocenters. The van der Waals surface area contributed by atoms with Gasteiger partial charge in [0.25, 0.3) is 0 Å². The van der Waals surface area contributed by atoms with Crippen LogP contribution in [0.1, 0.15) is 39.2 Å². The first-order valence-electron chi connectivity index (χ1n) is 8.97. The highest BCUT2D eigenvalue weighted by Gasteiger charge is 2.43. The molecule has 0 aromatic heterocycles. The van der Waals surface area contributed by atoms with Gasteiger partial charge in [0.05, 0.1) is 12.5 Å². The maximum absolute atomic E-state index is 11.6. The van der Waals surface area contributed by atoms with Crippen LogP contribution in [-0.4, -0.2) is 32.9 Å². The minimum atomic E-state index is -0.247. The Morgan fingerprint density at radius 1 is 1.25 bits per heavy atom. The second kappa shape index (κ2) is 7.28. The molecule has 0 bridgehead atoms. The first-order chi connectivity index (χ1) is 11.5. The number of hydrogen-bond acceptors (Lipinski definition) is 4. The minimum absolute atomic E-state index is 0.0210. The highest BCUT2D eigenvalue weighted by atomic mass is 16.6. The van der Waals surface area contributed by atoms with Crippen LogP contribution in [0.2, 0.25) is 0 Å². The quantitative estimate of drug-likeness (QED) is 0.594. The molecule has 24 heavy (non-hydrogen) atoms. The van der Waals surface area contributed by atoms with Gasteiger partial charge in [-0.05, 0) is 43.1 Å². The normalized spacial score (nSPS) is 25.4. The lowest BCUT2D eigenvalue weighted by Crippen LogP contribution is -2.47. The maximum atomic E-state index is 11.6. The van der Waals surface area contributed by atoms with Crippen molar-refractivity contribution in [2.45, 2.75) is 40.0 Å². The summed E-state index contributed by atoms with van der Waals surface area (Å²) in [7, 11) is -0.247. The van der Waals surface area contributed by atoms with Crippen LogP contribution in [0.15, 0.2) is 24.3 Å². The average Bonchev–Trinajstić information content (AvgIpc) is 3.34. The molecule has 1 saturated carbocycles. The van der Waals surface area contributed by atoms with Gasteiger partial charge < -0.3 is 14.0 Å². The molecule has 5 heteroatoms. The molecule has 0 radical (unpaired) electrons. The van der Waals surface area contributed by atoms with Gasteiger partial charge in [0.2, 0.25) is 0 Å². The van der Waals surface area contributed by atoms with Crippen LogP contribution in [0, 0.1) is 17.3 Å². The molecule has 130 valence electrons. The van der Waals surface area contributed by atoms with E-state index >= 15 is 0 Å². The summed E-state index contributed by atoms with van der Waals surface area (Å²) in [6.07, 6.45) is 3.03. The molecule has 1 heterocycles. The Balaban J connectivity index is 1.45. The fraction of sp³-hybridized carbons (Fsp3) is 0.632. The monoisotopic (exact) mass is 330 g/mol. The average molecular weight is 330 g/mol. The SMILES string of the molecule is CCOC(=O)[C@@H]1C[C@H]1CCc1ccc(B2OCC(C)(C)CO2)cc1. The largest absolute Gasteiger partial charge is 0.493 e. The number of benzene rings is 1. The van der Waals surface area contributed by atoms with Crippen molar-refractivity contribution in [1.82, 2.24) is 0 Å². The van der Waals surface area contributed by atoms with E-state index in [2.05, 4.69) is 38.1 Å². The molecule has 1 saturated heterocycles. The fourth-order valence-corrected chi connectivity index (χ4v) is 3.18. The van der Waals surface area contributed by atoms with E-state index in [0.29, 0.717) is 12.5 Å². The summed E-state index contributed by atoms with van der Waals surface area (Å²) in [6, 6.07) is 8.47. The van der Waals surface area contributed by atoms with E-state index in [1.165, 1.54) is 5.56 Å². The van der Waals surface area contributed by atoms with Gasteiger partial charge in [-0.25, -0.2) is 0 Å². The van der Waals surface area contributed by atoms with Crippen molar-refractivity contribution < 1.29 is 18.8 Å². The zero-order chi connectivity index (χ0) is 17.2. The molecule has 0 spiro atoms. The summed E-state index contributed by atoms with van der Waals surface area (Å²) >= 11 is 0. The van der Waals surface area contributed by atoms with E-state index in [1.54, 1.807) is 0 Å². The number of carbonyl (C=O) groups is 1. The van der Waals surface area contributed by atoms with Crippen molar-refractivity contribution in [2.75, 3.05) is 19.8 Å². The molecule has 1 aliphatic carbocycles. The van der Waals surface area contributed by atoms with Crippen molar-refractivity contribution in [3.63, 3.8) is 0 Å². The Kier molecular flexibility index (Phi) is 5.31. The summed E-state index contributed by atoms with van der Waals surface area (Å²) in [5, 5.41) is 0. The molecular weight excluding hydrogens is 303 g/mol. The second-order valence-electron chi connectivity index (χ2n) is 7.75. The molecule has 1 aromatic carbocycles. The number of ether oxygens (including phenoxy) is 1. The van der Waals surface area contributed by atoms with Crippen molar-refractivity contribution >= 4 is 18.6 Å². The maximum Gasteiger partial charge on any atom is 0.493 e. The van der Waals surface area contributed by atoms with E-state index in [-0.39, 0.29) is 24.4 Å². The van der Waals surface area contributed by atoms with E-state index in [0.717, 1.165) is 37.9 Å². The Morgan fingerprint density at radius 2 is 1.92 bits per heavy atom. The van der Waals surface area contributed by atoms with Crippen LogP contribution in [-0.2, 0) is 25.3 Å². The molecule has 1 aromatic rings. The predicted octanol–water partition coefficient (Wildman–Crippen LogP) is 2.59. The Labute approximate surface area is 145 Å². The third-order valence-corrected chi connectivity index (χ3v) is 4.82. The highest BCUT2D eigenvalue weighted by Crippen LogP contribution is 2.42. The summed E-state index contributed by atoms with van der Waals surface area (Å²) < 4.78 is 16.7. The molecule has 0 amide bonds. The van der Waals surface area contributed by atoms with Gasteiger partial charge in [-0.1, -0.05) is 38.1 Å². The summed E-state index contributed by atoms with van der Waals surface area (Å²) in [5.41, 5.74) is 2.46. The molecule has 0 N–H and O–H groups in total. The second-order valence-corrected chi connectivity index (χ2v) is 7.75. The van der Waals surface area contributed by atoms with Gasteiger partial charge in [0, 0.05) is 18.6 Å². The zero-order valence-electron chi connectivity index (χ0n) is 14.9. The number of aryl methyl sites for hydroxylation is 1. The molecule has 2 aliphatic rings. The van der Waals surface area contributed by atoms with E-state index < -0.39 is 0 Å². The first kappa shape index (κ1) is 17.5. The van der Waals surface area contributed by atoms with Crippen molar-refractivity contribution in [1.29, 1.82) is 0 Å². The van der Waals surface area contributed by atoms with E-state index in [4.69, 9.17) is 14.0 Å². The minimum Gasteiger partial charge on any atom is -0.466 e. The summed E-state index contributed by atoms with van der Waals surface area (Å²) in [6.45, 7) is 8.07. The van der Waals surface area contributed by atoms with Crippen molar-refractivity contribution in [3.05, 3.63) is 29.8 Å². The van der Waals surface area contributed by atoms with Crippen LogP contribution in [0.5, 0.6) is 0 Å². The van der Waals surface area contributed by atoms with Crippen molar-refractivity contribution in [3.8, 4) is 0 Å². The van der Waals surface area contributed by atoms with E-state index in [9.17, 15) is 4.79 Å². The lowest BCUT2D eigenvalue weighted by molar-refractivity contribution is -0.145. The van der Waals surface area contributed by atoms with Gasteiger partial charge in [-0.3, -0.25) is 4.79 Å². The number of esters is 1. The summed E-state index contributed by atoms with van der Waals surface area (Å²) in [4.78, 5) is 11.6. The van der Waals surface area contributed by atoms with Crippen LogP contribution in [0.25, 0.3) is 0 Å². The van der Waals surface area contributed by atoms with Gasteiger partial charge in [0.15, 0.2) is 0 Å². The number of carbonyl (C=O) groups excluding carboxylic acids is 1. The third kappa shape index (κ3) is 4.39. The number of rotatable bonds is 6. The Morgan fingerprint density at radius 3 is 2.54 bits per heavy atom. The van der Waals surface area contributed by atoms with Crippen molar-refractivity contribution in [2.24, 2.45) is 17.3 Å². The standard InChI is InChI=1S/C19H27BO4/c1-4-22-18(21)17-11-15(17)8-5-14-6-9-16(10-7-14)20-23-12-19(2,3)13-24-20/h6-7,9-10,15,17H,4-5,8,11-13H2,1-3H3/t15-,17-/m1/s1. The van der Waals surface area contributed by atoms with Gasteiger partial charge in [0.1, 0.15) is 0 Å². The molecule has 1 aliphatic heterocycles. The molecule has 4 nitrogen and oxygen atoms in total. The zero-order valence-corrected chi connectivity index (χ0v) is 14.9. The highest BCUT2D eigenvalue weighted by molar-refractivity contribution is 6.61. The third-order valence-electron chi connectivity index (χ3n) is 4.82. The topological polar surface area (TPSA) is 44.8 Å². The van der Waals surface area contributed by atoms with Crippen LogP contribution >= 0.6 is 0 Å². The smallest absolute Gasteiger partial charge is 0.466 e. The van der Waals surface area contributed by atoms with Gasteiger partial charge in [-0.15, -0.1) is 0 Å². The lowest BCUT2D eigenvalue weighted by atomic mass is 9.75. The van der Waals surface area contributed by atoms with Gasteiger partial charge in [-0.2, -0.15) is 0 Å². The molecule has 2 fully saturated rings. The first-order valence-corrected chi connectivity index (χ1v) is 8.97. The van der Waals surface area contributed by atoms with Crippen LogP contribution in [0.3, 0.4) is 0 Å². The molecule has 2 atom stereocenters. The predicted molar refractivity (Wildman–Crippen MR) is 94.1 cm³/mol. The van der Waals surface area contributed by atoms with Crippen LogP contribution < -0.4 is 5.46 Å². The Bertz CT molecular complexity index is 559.